The molecule has 220 valence electrons. The minimum atomic E-state index is 0.886. The molecule has 7 aromatic rings. The molecule has 0 aliphatic rings. The third-order valence-electron chi connectivity index (χ3n) is 8.31. The maximum Gasteiger partial charge on any atom is 0.0732 e. The van der Waals surface area contributed by atoms with Crippen LogP contribution in [0.25, 0.3) is 33.0 Å². The Morgan fingerprint density at radius 1 is 0.457 bits per heavy atom. The Labute approximate surface area is 269 Å². The summed E-state index contributed by atoms with van der Waals surface area (Å²) in [5.41, 5.74) is 12.6. The predicted octanol–water partition coefficient (Wildman–Crippen LogP) is 10.8. The second-order valence-corrected chi connectivity index (χ2v) is 11.6. The highest BCUT2D eigenvalue weighted by Gasteiger charge is 2.14. The zero-order valence-electron chi connectivity index (χ0n) is 26.2. The molecular weight excluding hydrogens is 558 g/mol. The summed E-state index contributed by atoms with van der Waals surface area (Å²) in [6.45, 7) is 4.16. The number of aliphatic imine (C=N–C) groups is 2. The van der Waals surface area contributed by atoms with Gasteiger partial charge in [-0.3, -0.25) is 0 Å². The van der Waals surface area contributed by atoms with Gasteiger partial charge >= 0.3 is 0 Å². The molecule has 0 aliphatic carbocycles. The minimum absolute atomic E-state index is 0.886. The number of hydrogen-bond acceptors (Lipinski definition) is 2. The lowest BCUT2D eigenvalue weighted by Gasteiger charge is -2.07. The smallest absolute Gasteiger partial charge is 0.0732 e. The van der Waals surface area contributed by atoms with Crippen LogP contribution in [0.5, 0.6) is 0 Å². The van der Waals surface area contributed by atoms with Gasteiger partial charge in [-0.2, -0.15) is 0 Å². The van der Waals surface area contributed by atoms with Crippen molar-refractivity contribution in [1.82, 2.24) is 4.57 Å². The number of hydrogen-bond donors (Lipinski definition) is 0. The number of aryl methyl sites for hydroxylation is 3. The zero-order valence-corrected chi connectivity index (χ0v) is 26.2. The van der Waals surface area contributed by atoms with Gasteiger partial charge in [0.2, 0.25) is 0 Å². The summed E-state index contributed by atoms with van der Waals surface area (Å²) < 4.78 is 2.26. The van der Waals surface area contributed by atoms with Crippen molar-refractivity contribution in [2.45, 2.75) is 13.8 Å². The Kier molecular flexibility index (Phi) is 7.85. The molecule has 3 heteroatoms. The van der Waals surface area contributed by atoms with Crippen LogP contribution in [0, 0.1) is 13.8 Å². The van der Waals surface area contributed by atoms with E-state index in [1.165, 1.54) is 21.9 Å². The number of fused-ring (bicyclic) bond motifs is 3. The summed E-state index contributed by atoms with van der Waals surface area (Å²) in [7, 11) is 2.13. The Morgan fingerprint density at radius 3 is 1.30 bits per heavy atom. The van der Waals surface area contributed by atoms with Crippen molar-refractivity contribution in [3.05, 3.63) is 179 Å². The Balaban J connectivity index is 1.42. The molecule has 1 aromatic heterocycles. The van der Waals surface area contributed by atoms with Gasteiger partial charge in [-0.1, -0.05) is 97.1 Å². The third-order valence-corrected chi connectivity index (χ3v) is 8.31. The van der Waals surface area contributed by atoms with Crippen LogP contribution in [0.4, 0.5) is 11.4 Å². The van der Waals surface area contributed by atoms with Crippen LogP contribution < -0.4 is 0 Å². The maximum atomic E-state index is 4.78. The molecule has 0 fully saturated rings. The Bertz CT molecular complexity index is 2180. The van der Waals surface area contributed by atoms with Crippen molar-refractivity contribution in [2.75, 3.05) is 0 Å². The van der Waals surface area contributed by atoms with E-state index in [0.717, 1.165) is 55.8 Å². The average Bonchev–Trinajstić information content (AvgIpc) is 3.36. The molecule has 3 nitrogen and oxygen atoms in total. The molecule has 0 saturated heterocycles. The van der Waals surface area contributed by atoms with Crippen LogP contribution in [-0.4, -0.2) is 16.3 Å². The molecule has 1 heterocycles. The number of nitrogens with zero attached hydrogens (tertiary/aromatic N) is 3. The normalized spacial score (nSPS) is 10.8. The van der Waals surface area contributed by atoms with E-state index >= 15 is 0 Å². The summed E-state index contributed by atoms with van der Waals surface area (Å²) in [4.78, 5) is 9.55. The molecule has 0 unspecified atom stereocenters. The predicted molar refractivity (Wildman–Crippen MR) is 195 cm³/mol. The lowest BCUT2D eigenvalue weighted by atomic mass is 9.95. The molecule has 7 rings (SSSR count). The van der Waals surface area contributed by atoms with Crippen molar-refractivity contribution in [1.29, 1.82) is 0 Å². The Morgan fingerprint density at radius 2 is 0.891 bits per heavy atom. The molecule has 0 N–H and O–H groups in total. The Hall–Kier alpha value is -5.98. The summed E-state index contributed by atoms with van der Waals surface area (Å²) in [6, 6.07) is 50.5. The van der Waals surface area contributed by atoms with Crippen LogP contribution in [0.3, 0.4) is 0 Å². The highest BCUT2D eigenvalue weighted by atomic mass is 14.9. The molecule has 6 aromatic carbocycles. The zero-order chi connectivity index (χ0) is 31.5. The van der Waals surface area contributed by atoms with Crippen LogP contribution >= 0.6 is 0 Å². The van der Waals surface area contributed by atoms with Crippen LogP contribution in [-0.2, 0) is 7.05 Å². The van der Waals surface area contributed by atoms with Gasteiger partial charge < -0.3 is 4.57 Å². The summed E-state index contributed by atoms with van der Waals surface area (Å²) in [5.74, 6) is 6.82. The van der Waals surface area contributed by atoms with Gasteiger partial charge in [-0.15, -0.1) is 0 Å². The van der Waals surface area contributed by atoms with Gasteiger partial charge in [0.15, 0.2) is 0 Å². The van der Waals surface area contributed by atoms with E-state index in [4.69, 9.17) is 9.98 Å². The van der Waals surface area contributed by atoms with E-state index < -0.39 is 0 Å². The molecule has 0 saturated carbocycles. The van der Waals surface area contributed by atoms with Gasteiger partial charge in [0.25, 0.3) is 0 Å². The minimum Gasteiger partial charge on any atom is -0.344 e. The fourth-order valence-corrected chi connectivity index (χ4v) is 5.97. The number of benzene rings is 6. The topological polar surface area (TPSA) is 29.6 Å². The van der Waals surface area contributed by atoms with Crippen molar-refractivity contribution in [3.63, 3.8) is 0 Å². The third kappa shape index (κ3) is 5.89. The second-order valence-electron chi connectivity index (χ2n) is 11.6. The van der Waals surface area contributed by atoms with Crippen LogP contribution in [0.1, 0.15) is 33.4 Å². The lowest BCUT2D eigenvalue weighted by Crippen LogP contribution is -1.90. The quantitative estimate of drug-likeness (QED) is 0.172. The van der Waals surface area contributed by atoms with E-state index in [2.05, 4.69) is 146 Å². The van der Waals surface area contributed by atoms with Gasteiger partial charge in [-0.05, 0) is 107 Å². The monoisotopic (exact) mass is 591 g/mol. The molecule has 0 aliphatic heterocycles. The van der Waals surface area contributed by atoms with E-state index in [1.807, 2.05) is 36.4 Å². The fourth-order valence-electron chi connectivity index (χ4n) is 5.97. The van der Waals surface area contributed by atoms with E-state index in [0.29, 0.717) is 0 Å². The number of aromatic nitrogens is 1. The van der Waals surface area contributed by atoms with Crippen molar-refractivity contribution < 1.29 is 0 Å². The maximum absolute atomic E-state index is 4.78. The highest BCUT2D eigenvalue weighted by molar-refractivity contribution is 6.12. The van der Waals surface area contributed by atoms with Gasteiger partial charge in [0.1, 0.15) is 0 Å². The molecule has 0 atom stereocenters. The van der Waals surface area contributed by atoms with Crippen LogP contribution in [0.15, 0.2) is 156 Å². The van der Waals surface area contributed by atoms with E-state index in [1.54, 1.807) is 0 Å². The van der Waals surface area contributed by atoms with E-state index in [-0.39, 0.29) is 0 Å². The summed E-state index contributed by atoms with van der Waals surface area (Å²) in [6.07, 6.45) is 0. The largest absolute Gasteiger partial charge is 0.344 e. The van der Waals surface area contributed by atoms with Crippen molar-refractivity contribution in [3.8, 4) is 0 Å². The van der Waals surface area contributed by atoms with Crippen LogP contribution in [0.2, 0.25) is 0 Å². The first kappa shape index (κ1) is 28.8. The SMILES string of the molecule is Cc1cccc(N=C=C(c2ccccc2)c2ccc3c(c2)c2cc(C(=C=Nc4cccc(C)c4)c4ccccc4)ccc2n3C)c1. The molecule has 0 bridgehead atoms. The summed E-state index contributed by atoms with van der Waals surface area (Å²) in [5, 5.41) is 2.34. The van der Waals surface area contributed by atoms with Crippen molar-refractivity contribution >= 4 is 56.1 Å². The standard InChI is InChI=1S/C43H33N3/c1-30-12-10-18-36(24-30)44-28-40(32-14-6-4-7-15-32)34-20-22-42-38(26-34)39-27-35(21-23-43(39)46(42)3)41(33-16-8-5-9-17-33)29-45-37-19-11-13-31(2)25-37/h4-27H,1-3H3. The molecule has 0 amide bonds. The number of rotatable bonds is 6. The van der Waals surface area contributed by atoms with Gasteiger partial charge in [0, 0.05) is 28.9 Å². The van der Waals surface area contributed by atoms with Gasteiger partial charge in [0.05, 0.1) is 22.5 Å². The summed E-state index contributed by atoms with van der Waals surface area (Å²) >= 11 is 0. The van der Waals surface area contributed by atoms with E-state index in [9.17, 15) is 0 Å². The first-order valence-electron chi connectivity index (χ1n) is 15.5. The van der Waals surface area contributed by atoms with Crippen molar-refractivity contribution in [2.24, 2.45) is 17.0 Å². The fraction of sp³-hybridized carbons (Fsp3) is 0.0698. The van der Waals surface area contributed by atoms with Gasteiger partial charge in [-0.25, -0.2) is 9.98 Å². The molecule has 0 radical (unpaired) electrons. The molecular formula is C43H33N3. The molecule has 0 spiro atoms. The first-order chi connectivity index (χ1) is 22.5. The second kappa shape index (κ2) is 12.6. The lowest BCUT2D eigenvalue weighted by molar-refractivity contribution is 1.01. The first-order valence-corrected chi connectivity index (χ1v) is 15.5. The highest BCUT2D eigenvalue weighted by Crippen LogP contribution is 2.34. The average molecular weight is 592 g/mol. The molecule has 46 heavy (non-hydrogen) atoms.